The van der Waals surface area contributed by atoms with Gasteiger partial charge in [0.05, 0.1) is 36.1 Å². The summed E-state index contributed by atoms with van der Waals surface area (Å²) in [5.74, 6) is 0.790. The number of aliphatic hydroxyl groups excluding tert-OH is 2. The Morgan fingerprint density at radius 2 is 1.53 bits per heavy atom. The molecule has 2 aromatic carbocycles. The fraction of sp³-hybridized carbons (Fsp3) is 0.520. The van der Waals surface area contributed by atoms with Crippen LogP contribution < -0.4 is 4.74 Å². The second kappa shape index (κ2) is 15.9. The number of non-ortho nitro benzene ring substituents is 1. The van der Waals surface area contributed by atoms with Gasteiger partial charge in [0.25, 0.3) is 5.69 Å². The van der Waals surface area contributed by atoms with Gasteiger partial charge in [-0.1, -0.05) is 25.7 Å². The Balaban J connectivity index is 1.61. The first-order chi connectivity index (χ1) is 16.5. The summed E-state index contributed by atoms with van der Waals surface area (Å²) in [7, 11) is 0. The summed E-state index contributed by atoms with van der Waals surface area (Å²) < 4.78 is 5.80. The van der Waals surface area contributed by atoms with Crippen molar-refractivity contribution in [2.45, 2.75) is 45.4 Å². The van der Waals surface area contributed by atoms with Crippen molar-refractivity contribution < 1.29 is 19.9 Å². The predicted octanol–water partition coefficient (Wildman–Crippen LogP) is 5.32. The number of unbranched alkanes of at least 4 members (excludes halogenated alkanes) is 5. The largest absolute Gasteiger partial charge is 0.494 e. The molecule has 0 aliphatic carbocycles. The molecule has 186 valence electrons. The van der Waals surface area contributed by atoms with Crippen molar-refractivity contribution in [3.05, 3.63) is 58.1 Å². The van der Waals surface area contributed by atoms with E-state index >= 15 is 0 Å². The number of hydrogen-bond donors (Lipinski definition) is 2. The van der Waals surface area contributed by atoms with Crippen molar-refractivity contribution in [3.8, 4) is 5.75 Å². The summed E-state index contributed by atoms with van der Waals surface area (Å²) in [5, 5.41) is 37.3. The molecule has 9 heteroatoms. The fourth-order valence-electron chi connectivity index (χ4n) is 3.54. The van der Waals surface area contributed by atoms with E-state index in [0.29, 0.717) is 36.6 Å². The molecule has 0 atom stereocenters. The Bertz CT molecular complexity index is 883. The number of benzene rings is 2. The standard InChI is InChI=1S/C25H36N4O5/c1-21-20-23(29(32)33)10-13-25(21)27-26-22-8-11-24(12-9-22)34-19-7-5-3-2-4-6-14-28(15-17-30)16-18-31/h8-13,20,30-31H,2-7,14-19H2,1H3. The van der Waals surface area contributed by atoms with Crippen LogP contribution >= 0.6 is 0 Å². The van der Waals surface area contributed by atoms with Crippen molar-refractivity contribution in [2.24, 2.45) is 10.2 Å². The highest BCUT2D eigenvalue weighted by molar-refractivity contribution is 5.51. The minimum absolute atomic E-state index is 0.0396. The van der Waals surface area contributed by atoms with Gasteiger partial charge in [-0.15, -0.1) is 0 Å². The van der Waals surface area contributed by atoms with Crippen LogP contribution in [0.2, 0.25) is 0 Å². The fourth-order valence-corrected chi connectivity index (χ4v) is 3.54. The van der Waals surface area contributed by atoms with Crippen LogP contribution in [0.5, 0.6) is 5.75 Å². The number of ether oxygens (including phenoxy) is 1. The number of azo groups is 1. The van der Waals surface area contributed by atoms with Gasteiger partial charge in [0.2, 0.25) is 0 Å². The van der Waals surface area contributed by atoms with Gasteiger partial charge in [-0.2, -0.15) is 10.2 Å². The van der Waals surface area contributed by atoms with Crippen LogP contribution in [-0.4, -0.2) is 59.5 Å². The maximum atomic E-state index is 10.8. The molecule has 0 bridgehead atoms. The minimum Gasteiger partial charge on any atom is -0.494 e. The smallest absolute Gasteiger partial charge is 0.269 e. The molecule has 0 unspecified atom stereocenters. The molecular weight excluding hydrogens is 436 g/mol. The van der Waals surface area contributed by atoms with Crippen LogP contribution in [0.4, 0.5) is 17.1 Å². The topological polar surface area (TPSA) is 121 Å². The van der Waals surface area contributed by atoms with Crippen LogP contribution in [0, 0.1) is 17.0 Å². The SMILES string of the molecule is Cc1cc([N+](=O)[O-])ccc1N=Nc1ccc(OCCCCCCCCN(CCO)CCO)cc1. The predicted molar refractivity (Wildman–Crippen MR) is 132 cm³/mol. The molecule has 0 fully saturated rings. The van der Waals surface area contributed by atoms with Gasteiger partial charge in [-0.25, -0.2) is 0 Å². The molecule has 0 amide bonds. The Labute approximate surface area is 201 Å². The summed E-state index contributed by atoms with van der Waals surface area (Å²) in [5.41, 5.74) is 2.02. The van der Waals surface area contributed by atoms with E-state index in [1.165, 1.54) is 25.0 Å². The summed E-state index contributed by atoms with van der Waals surface area (Å²) >= 11 is 0. The molecule has 0 saturated heterocycles. The van der Waals surface area contributed by atoms with Gasteiger partial charge < -0.3 is 14.9 Å². The van der Waals surface area contributed by atoms with Crippen molar-refractivity contribution in [1.82, 2.24) is 4.90 Å². The lowest BCUT2D eigenvalue weighted by atomic mass is 10.1. The number of hydrogen-bond acceptors (Lipinski definition) is 8. The third-order valence-corrected chi connectivity index (χ3v) is 5.47. The zero-order chi connectivity index (χ0) is 24.6. The molecule has 2 rings (SSSR count). The maximum Gasteiger partial charge on any atom is 0.269 e. The third kappa shape index (κ3) is 10.4. The normalized spacial score (nSPS) is 11.4. The lowest BCUT2D eigenvalue weighted by molar-refractivity contribution is -0.384. The van der Waals surface area contributed by atoms with Crippen molar-refractivity contribution in [2.75, 3.05) is 39.5 Å². The van der Waals surface area contributed by atoms with E-state index in [9.17, 15) is 10.1 Å². The summed E-state index contributed by atoms with van der Waals surface area (Å²) in [6.07, 6.45) is 6.72. The lowest BCUT2D eigenvalue weighted by Crippen LogP contribution is -2.30. The number of nitrogens with zero attached hydrogens (tertiary/aromatic N) is 4. The zero-order valence-electron chi connectivity index (χ0n) is 19.9. The van der Waals surface area contributed by atoms with E-state index < -0.39 is 4.92 Å². The lowest BCUT2D eigenvalue weighted by Gasteiger charge is -2.19. The van der Waals surface area contributed by atoms with E-state index in [1.807, 2.05) is 24.3 Å². The van der Waals surface area contributed by atoms with Crippen LogP contribution in [0.3, 0.4) is 0 Å². The molecule has 0 spiro atoms. The zero-order valence-corrected chi connectivity index (χ0v) is 19.9. The highest BCUT2D eigenvalue weighted by Gasteiger charge is 2.07. The quantitative estimate of drug-likeness (QED) is 0.139. The number of aliphatic hydroxyl groups is 2. The average molecular weight is 473 g/mol. The van der Waals surface area contributed by atoms with Crippen molar-refractivity contribution >= 4 is 17.1 Å². The molecule has 0 aliphatic rings. The van der Waals surface area contributed by atoms with E-state index in [0.717, 1.165) is 38.0 Å². The molecule has 2 N–H and O–H groups in total. The number of nitro benzene ring substituents is 1. The summed E-state index contributed by atoms with van der Waals surface area (Å²) in [6, 6.07) is 11.9. The van der Waals surface area contributed by atoms with Crippen LogP contribution in [0.15, 0.2) is 52.7 Å². The Kier molecular flexibility index (Phi) is 12.8. The first-order valence-electron chi connectivity index (χ1n) is 11.9. The molecule has 0 saturated carbocycles. The highest BCUT2D eigenvalue weighted by Crippen LogP contribution is 2.26. The molecule has 0 radical (unpaired) electrons. The second-order valence-electron chi connectivity index (χ2n) is 8.18. The van der Waals surface area contributed by atoms with Gasteiger partial charge in [-0.3, -0.25) is 15.0 Å². The Hall–Kier alpha value is -2.88. The van der Waals surface area contributed by atoms with Crippen molar-refractivity contribution in [1.29, 1.82) is 0 Å². The first-order valence-corrected chi connectivity index (χ1v) is 11.9. The Morgan fingerprint density at radius 1 is 0.882 bits per heavy atom. The third-order valence-electron chi connectivity index (χ3n) is 5.47. The molecular formula is C25H36N4O5. The highest BCUT2D eigenvalue weighted by atomic mass is 16.6. The van der Waals surface area contributed by atoms with Gasteiger partial charge in [0, 0.05) is 25.2 Å². The molecule has 34 heavy (non-hydrogen) atoms. The molecule has 0 aromatic heterocycles. The van der Waals surface area contributed by atoms with Crippen LogP contribution in [0.1, 0.15) is 44.1 Å². The maximum absolute atomic E-state index is 10.8. The van der Waals surface area contributed by atoms with E-state index in [-0.39, 0.29) is 18.9 Å². The number of rotatable bonds is 17. The second-order valence-corrected chi connectivity index (χ2v) is 8.18. The van der Waals surface area contributed by atoms with Crippen molar-refractivity contribution in [3.63, 3.8) is 0 Å². The van der Waals surface area contributed by atoms with Crippen LogP contribution in [0.25, 0.3) is 0 Å². The number of nitro groups is 1. The minimum atomic E-state index is -0.427. The summed E-state index contributed by atoms with van der Waals surface area (Å²) in [4.78, 5) is 12.5. The van der Waals surface area contributed by atoms with Gasteiger partial charge in [0.15, 0.2) is 0 Å². The monoisotopic (exact) mass is 472 g/mol. The molecule has 2 aromatic rings. The molecule has 0 aliphatic heterocycles. The van der Waals surface area contributed by atoms with Crippen LogP contribution in [-0.2, 0) is 0 Å². The Morgan fingerprint density at radius 3 is 2.15 bits per heavy atom. The molecule has 9 nitrogen and oxygen atoms in total. The van der Waals surface area contributed by atoms with E-state index in [2.05, 4.69) is 15.1 Å². The van der Waals surface area contributed by atoms with Gasteiger partial charge in [0.1, 0.15) is 5.75 Å². The first kappa shape index (κ1) is 27.4. The summed E-state index contributed by atoms with van der Waals surface area (Å²) in [6.45, 7) is 4.88. The molecule has 0 heterocycles. The van der Waals surface area contributed by atoms with Gasteiger partial charge >= 0.3 is 0 Å². The number of aryl methyl sites for hydroxylation is 1. The van der Waals surface area contributed by atoms with E-state index in [4.69, 9.17) is 14.9 Å². The average Bonchev–Trinajstić information content (AvgIpc) is 2.83. The van der Waals surface area contributed by atoms with E-state index in [1.54, 1.807) is 13.0 Å². The van der Waals surface area contributed by atoms with Gasteiger partial charge in [-0.05, 0) is 62.2 Å².